The molecule has 1 aromatic carbocycles. The van der Waals surface area contributed by atoms with E-state index in [4.69, 9.17) is 9.47 Å². The summed E-state index contributed by atoms with van der Waals surface area (Å²) in [7, 11) is 3.02. The van der Waals surface area contributed by atoms with Crippen molar-refractivity contribution in [2.75, 3.05) is 19.5 Å². The highest BCUT2D eigenvalue weighted by Crippen LogP contribution is 2.29. The summed E-state index contributed by atoms with van der Waals surface area (Å²) in [6, 6.07) is 7.29. The third-order valence-electron chi connectivity index (χ3n) is 3.13. The summed E-state index contributed by atoms with van der Waals surface area (Å²) in [4.78, 5) is 34.7. The van der Waals surface area contributed by atoms with Crippen LogP contribution >= 0.6 is 0 Å². The second-order valence-corrected chi connectivity index (χ2v) is 4.66. The average molecular weight is 319 g/mol. The number of carbonyl (C=O) groups is 1. The lowest BCUT2D eigenvalue weighted by atomic mass is 10.2. The largest absolute Gasteiger partial charge is 0.497 e. The summed E-state index contributed by atoms with van der Waals surface area (Å²) < 4.78 is 11.4. The number of ether oxygens (including phenoxy) is 2. The standard InChI is InChI=1S/C15H17N3O5/c1-22-10-3-4-11(12(9-10)23-2)16-13(19)7-8-18-15(21)6-5-14(20)17-18/h3-6,9H,7-8H2,1-2H3,(H,16,19)(H,17,20). The molecule has 8 heteroatoms. The number of aromatic nitrogens is 2. The number of nitrogens with zero attached hydrogens (tertiary/aromatic N) is 1. The number of methoxy groups -OCH3 is 2. The van der Waals surface area contributed by atoms with Crippen LogP contribution in [0.25, 0.3) is 0 Å². The normalized spacial score (nSPS) is 10.2. The van der Waals surface area contributed by atoms with E-state index in [9.17, 15) is 14.4 Å². The van der Waals surface area contributed by atoms with Gasteiger partial charge in [-0.15, -0.1) is 0 Å². The number of H-pyrrole nitrogens is 1. The second kappa shape index (κ2) is 7.30. The number of hydrogen-bond donors (Lipinski definition) is 2. The van der Waals surface area contributed by atoms with Crippen LogP contribution in [-0.2, 0) is 11.3 Å². The molecule has 0 atom stereocenters. The Morgan fingerprint density at radius 3 is 2.65 bits per heavy atom. The van der Waals surface area contributed by atoms with Gasteiger partial charge in [-0.1, -0.05) is 0 Å². The third kappa shape index (κ3) is 4.22. The molecule has 0 unspecified atom stereocenters. The molecule has 0 aliphatic heterocycles. The van der Waals surface area contributed by atoms with Gasteiger partial charge >= 0.3 is 0 Å². The lowest BCUT2D eigenvalue weighted by Gasteiger charge is -2.12. The zero-order chi connectivity index (χ0) is 16.8. The molecule has 2 N–H and O–H groups in total. The minimum atomic E-state index is -0.401. The quantitative estimate of drug-likeness (QED) is 0.811. The van der Waals surface area contributed by atoms with Gasteiger partial charge in [0, 0.05) is 24.6 Å². The number of aryl methyl sites for hydroxylation is 1. The van der Waals surface area contributed by atoms with Gasteiger partial charge in [-0.25, -0.2) is 4.68 Å². The summed E-state index contributed by atoms with van der Waals surface area (Å²) in [5.74, 6) is 0.751. The van der Waals surface area contributed by atoms with Crippen LogP contribution in [0.5, 0.6) is 11.5 Å². The molecular weight excluding hydrogens is 302 g/mol. The monoisotopic (exact) mass is 319 g/mol. The van der Waals surface area contributed by atoms with Crippen molar-refractivity contribution in [2.24, 2.45) is 0 Å². The van der Waals surface area contributed by atoms with E-state index < -0.39 is 5.56 Å². The highest BCUT2D eigenvalue weighted by molar-refractivity contribution is 5.92. The fourth-order valence-corrected chi connectivity index (χ4v) is 1.96. The topological polar surface area (TPSA) is 102 Å². The molecule has 1 amide bonds. The Hall–Kier alpha value is -3.03. The molecular formula is C15H17N3O5. The molecule has 0 aliphatic carbocycles. The molecule has 0 fully saturated rings. The van der Waals surface area contributed by atoms with E-state index in [0.29, 0.717) is 17.2 Å². The molecule has 0 bridgehead atoms. The summed E-state index contributed by atoms with van der Waals surface area (Å²) in [5, 5.41) is 5.05. The van der Waals surface area contributed by atoms with Crippen LogP contribution in [0.15, 0.2) is 39.9 Å². The first-order valence-corrected chi connectivity index (χ1v) is 6.85. The van der Waals surface area contributed by atoms with Gasteiger partial charge in [-0.05, 0) is 12.1 Å². The smallest absolute Gasteiger partial charge is 0.265 e. The third-order valence-corrected chi connectivity index (χ3v) is 3.13. The Kier molecular flexibility index (Phi) is 5.19. The predicted octanol–water partition coefficient (Wildman–Crippen LogP) is 0.583. The maximum atomic E-state index is 12.0. The fraction of sp³-hybridized carbons (Fsp3) is 0.267. The van der Waals surface area contributed by atoms with E-state index in [2.05, 4.69) is 10.4 Å². The van der Waals surface area contributed by atoms with Gasteiger partial charge in [0.25, 0.3) is 11.1 Å². The van der Waals surface area contributed by atoms with E-state index in [-0.39, 0.29) is 24.4 Å². The summed E-state index contributed by atoms with van der Waals surface area (Å²) >= 11 is 0. The maximum Gasteiger partial charge on any atom is 0.265 e. The van der Waals surface area contributed by atoms with Gasteiger partial charge in [0.2, 0.25) is 5.91 Å². The number of carbonyl (C=O) groups excluding carboxylic acids is 1. The van der Waals surface area contributed by atoms with E-state index in [1.165, 1.54) is 14.2 Å². The molecule has 0 radical (unpaired) electrons. The van der Waals surface area contributed by atoms with Gasteiger partial charge in [0.1, 0.15) is 11.5 Å². The number of hydrogen-bond acceptors (Lipinski definition) is 5. The molecule has 8 nitrogen and oxygen atoms in total. The zero-order valence-electron chi connectivity index (χ0n) is 12.8. The van der Waals surface area contributed by atoms with Gasteiger partial charge in [-0.3, -0.25) is 19.5 Å². The minimum Gasteiger partial charge on any atom is -0.497 e. The molecule has 2 rings (SSSR count). The summed E-state index contributed by atoms with van der Waals surface area (Å²) in [6.07, 6.45) is 0.0229. The number of nitrogens with one attached hydrogen (secondary N) is 2. The van der Waals surface area contributed by atoms with Crippen molar-refractivity contribution in [1.82, 2.24) is 9.78 Å². The highest BCUT2D eigenvalue weighted by Gasteiger charge is 2.09. The van der Waals surface area contributed by atoms with Crippen LogP contribution in [-0.4, -0.2) is 29.9 Å². The Balaban J connectivity index is 2.04. The molecule has 2 aromatic rings. The van der Waals surface area contributed by atoms with E-state index in [1.54, 1.807) is 18.2 Å². The SMILES string of the molecule is COc1ccc(NC(=O)CCn2[nH]c(=O)ccc2=O)c(OC)c1. The Bertz CT molecular complexity index is 809. The Morgan fingerprint density at radius 1 is 1.17 bits per heavy atom. The molecule has 0 aliphatic rings. The lowest BCUT2D eigenvalue weighted by molar-refractivity contribution is -0.116. The van der Waals surface area contributed by atoms with Crippen molar-refractivity contribution >= 4 is 11.6 Å². The van der Waals surface area contributed by atoms with Gasteiger partial charge < -0.3 is 14.8 Å². The second-order valence-electron chi connectivity index (χ2n) is 4.66. The molecule has 1 aromatic heterocycles. The zero-order valence-corrected chi connectivity index (χ0v) is 12.8. The van der Waals surface area contributed by atoms with Crippen LogP contribution in [0.2, 0.25) is 0 Å². The Labute approximate surface area is 131 Å². The minimum absolute atomic E-state index is 0.0229. The van der Waals surface area contributed by atoms with Gasteiger partial charge in [0.15, 0.2) is 0 Å². The van der Waals surface area contributed by atoms with Crippen LogP contribution in [0.4, 0.5) is 5.69 Å². The first-order chi connectivity index (χ1) is 11.0. The predicted molar refractivity (Wildman–Crippen MR) is 84.1 cm³/mol. The highest BCUT2D eigenvalue weighted by atomic mass is 16.5. The van der Waals surface area contributed by atoms with E-state index in [0.717, 1.165) is 16.8 Å². The Morgan fingerprint density at radius 2 is 1.96 bits per heavy atom. The number of benzene rings is 1. The number of amides is 1. The molecule has 0 saturated carbocycles. The van der Waals surface area contributed by atoms with Crippen molar-refractivity contribution in [3.63, 3.8) is 0 Å². The lowest BCUT2D eigenvalue weighted by Crippen LogP contribution is -2.29. The molecule has 0 saturated heterocycles. The van der Waals surface area contributed by atoms with Crippen LogP contribution < -0.4 is 25.9 Å². The van der Waals surface area contributed by atoms with Gasteiger partial charge in [-0.2, -0.15) is 0 Å². The summed E-state index contributed by atoms with van der Waals surface area (Å²) in [6.45, 7) is 0.0687. The van der Waals surface area contributed by atoms with Crippen LogP contribution in [0.3, 0.4) is 0 Å². The van der Waals surface area contributed by atoms with E-state index in [1.807, 2.05) is 0 Å². The van der Waals surface area contributed by atoms with Crippen molar-refractivity contribution in [2.45, 2.75) is 13.0 Å². The van der Waals surface area contributed by atoms with Gasteiger partial charge in [0.05, 0.1) is 26.5 Å². The van der Waals surface area contributed by atoms with Crippen molar-refractivity contribution in [1.29, 1.82) is 0 Å². The summed E-state index contributed by atoms with van der Waals surface area (Å²) in [5.41, 5.74) is -0.284. The number of rotatable bonds is 6. The van der Waals surface area contributed by atoms with Crippen LogP contribution in [0.1, 0.15) is 6.42 Å². The van der Waals surface area contributed by atoms with Crippen molar-refractivity contribution < 1.29 is 14.3 Å². The van der Waals surface area contributed by atoms with Crippen LogP contribution in [0, 0.1) is 0 Å². The molecule has 122 valence electrons. The fourth-order valence-electron chi connectivity index (χ4n) is 1.96. The maximum absolute atomic E-state index is 12.0. The van der Waals surface area contributed by atoms with E-state index >= 15 is 0 Å². The first-order valence-electron chi connectivity index (χ1n) is 6.85. The number of anilines is 1. The van der Waals surface area contributed by atoms with Crippen molar-refractivity contribution in [3.8, 4) is 11.5 Å². The first kappa shape index (κ1) is 16.3. The number of aromatic amines is 1. The molecule has 0 spiro atoms. The molecule has 1 heterocycles. The average Bonchev–Trinajstić information content (AvgIpc) is 2.56. The van der Waals surface area contributed by atoms with Crippen molar-refractivity contribution in [3.05, 3.63) is 51.0 Å². The molecule has 23 heavy (non-hydrogen) atoms.